The predicted molar refractivity (Wildman–Crippen MR) is 109 cm³/mol. The van der Waals surface area contributed by atoms with E-state index in [9.17, 15) is 4.79 Å². The number of amides is 1. The summed E-state index contributed by atoms with van der Waals surface area (Å²) in [6.07, 6.45) is 1.83. The van der Waals surface area contributed by atoms with E-state index in [-0.39, 0.29) is 11.4 Å². The molecule has 0 spiro atoms. The van der Waals surface area contributed by atoms with Crippen molar-refractivity contribution in [2.24, 2.45) is 0 Å². The molecule has 0 aliphatic heterocycles. The number of para-hydroxylation sites is 1. The Balaban J connectivity index is 1.98. The fraction of sp³-hybridized carbons (Fsp3) is 0.474. The number of benzene rings is 1. The van der Waals surface area contributed by atoms with Crippen LogP contribution >= 0.6 is 22.6 Å². The number of nitrogens with zero attached hydrogens (tertiary/aromatic N) is 2. The summed E-state index contributed by atoms with van der Waals surface area (Å²) in [5.41, 5.74) is 2.35. The molecular formula is C19H26IN3O2. The summed E-state index contributed by atoms with van der Waals surface area (Å²) < 4.78 is 5.91. The van der Waals surface area contributed by atoms with Gasteiger partial charge in [0.05, 0.1) is 4.43 Å². The van der Waals surface area contributed by atoms with E-state index in [1.165, 1.54) is 5.69 Å². The standard InChI is InChI=1S/C19H26IN3O2/c1-5-19(3,23(4)15-9-7-6-8-10-15)11-12-21-18(24)17-14(2)16(13-20)25-22-17/h6-10H,5,11-13H2,1-4H3,(H,21,24). The largest absolute Gasteiger partial charge is 0.369 e. The van der Waals surface area contributed by atoms with Gasteiger partial charge in [-0.15, -0.1) is 0 Å². The number of aromatic nitrogens is 1. The van der Waals surface area contributed by atoms with Crippen molar-refractivity contribution in [2.45, 2.75) is 43.6 Å². The summed E-state index contributed by atoms with van der Waals surface area (Å²) in [7, 11) is 2.11. The van der Waals surface area contributed by atoms with Crippen LogP contribution in [0.2, 0.25) is 0 Å². The fourth-order valence-corrected chi connectivity index (χ4v) is 3.49. The minimum Gasteiger partial charge on any atom is -0.369 e. The molecule has 1 N–H and O–H groups in total. The number of hydrogen-bond acceptors (Lipinski definition) is 4. The zero-order valence-corrected chi connectivity index (χ0v) is 17.5. The highest BCUT2D eigenvalue weighted by atomic mass is 127. The quantitative estimate of drug-likeness (QED) is 0.475. The average molecular weight is 455 g/mol. The van der Waals surface area contributed by atoms with Gasteiger partial charge in [-0.2, -0.15) is 0 Å². The SMILES string of the molecule is CCC(C)(CCNC(=O)c1noc(CI)c1C)N(C)c1ccccc1. The van der Waals surface area contributed by atoms with Gasteiger partial charge in [0.15, 0.2) is 5.69 Å². The van der Waals surface area contributed by atoms with Gasteiger partial charge >= 0.3 is 0 Å². The first-order valence-corrected chi connectivity index (χ1v) is 10.0. The van der Waals surface area contributed by atoms with E-state index in [0.717, 1.165) is 24.2 Å². The van der Waals surface area contributed by atoms with Crippen LogP contribution in [0, 0.1) is 6.92 Å². The molecule has 0 aliphatic rings. The molecule has 1 aromatic heterocycles. The number of alkyl halides is 1. The maximum absolute atomic E-state index is 12.4. The Morgan fingerprint density at radius 2 is 2.04 bits per heavy atom. The van der Waals surface area contributed by atoms with Crippen LogP contribution in [0.3, 0.4) is 0 Å². The molecule has 0 fully saturated rings. The molecule has 5 nitrogen and oxygen atoms in total. The van der Waals surface area contributed by atoms with Gasteiger partial charge in [0.2, 0.25) is 0 Å². The molecule has 136 valence electrons. The van der Waals surface area contributed by atoms with E-state index in [0.29, 0.717) is 16.7 Å². The fourth-order valence-electron chi connectivity index (χ4n) is 2.78. The predicted octanol–water partition coefficient (Wildman–Crippen LogP) is 4.34. The molecule has 0 bridgehead atoms. The van der Waals surface area contributed by atoms with Crippen molar-refractivity contribution in [1.29, 1.82) is 0 Å². The lowest BCUT2D eigenvalue weighted by Crippen LogP contribution is -2.46. The third kappa shape index (κ3) is 4.54. The second-order valence-corrected chi connectivity index (χ2v) is 7.23. The van der Waals surface area contributed by atoms with E-state index < -0.39 is 0 Å². The van der Waals surface area contributed by atoms with Gasteiger partial charge in [0.1, 0.15) is 5.76 Å². The lowest BCUT2D eigenvalue weighted by Gasteiger charge is -2.40. The van der Waals surface area contributed by atoms with E-state index in [1.54, 1.807) is 0 Å². The number of halogens is 1. The highest BCUT2D eigenvalue weighted by Crippen LogP contribution is 2.27. The monoisotopic (exact) mass is 455 g/mol. The van der Waals surface area contributed by atoms with Crippen LogP contribution in [0.4, 0.5) is 5.69 Å². The number of hydrogen-bond donors (Lipinski definition) is 1. The van der Waals surface area contributed by atoms with Gasteiger partial charge in [-0.1, -0.05) is 52.9 Å². The maximum atomic E-state index is 12.4. The molecule has 1 heterocycles. The highest BCUT2D eigenvalue weighted by Gasteiger charge is 2.28. The zero-order chi connectivity index (χ0) is 18.4. The minimum atomic E-state index is -0.168. The first-order chi connectivity index (χ1) is 11.9. The van der Waals surface area contributed by atoms with Gasteiger partial charge in [0, 0.05) is 30.4 Å². The smallest absolute Gasteiger partial charge is 0.273 e. The lowest BCUT2D eigenvalue weighted by atomic mass is 9.92. The van der Waals surface area contributed by atoms with Crippen molar-refractivity contribution >= 4 is 34.2 Å². The Bertz CT molecular complexity index is 702. The Labute approximate surface area is 163 Å². The van der Waals surface area contributed by atoms with Gasteiger partial charge < -0.3 is 14.7 Å². The van der Waals surface area contributed by atoms with Crippen LogP contribution in [-0.4, -0.2) is 30.2 Å². The Morgan fingerprint density at radius 1 is 1.36 bits per heavy atom. The van der Waals surface area contributed by atoms with Gasteiger partial charge in [-0.05, 0) is 38.8 Å². The molecule has 1 unspecified atom stereocenters. The topological polar surface area (TPSA) is 58.4 Å². The highest BCUT2D eigenvalue weighted by molar-refractivity contribution is 14.1. The van der Waals surface area contributed by atoms with Crippen LogP contribution in [0.15, 0.2) is 34.9 Å². The zero-order valence-electron chi connectivity index (χ0n) is 15.3. The molecule has 1 atom stereocenters. The van der Waals surface area contributed by atoms with Crippen molar-refractivity contribution in [3.05, 3.63) is 47.3 Å². The normalized spacial score (nSPS) is 13.3. The summed E-state index contributed by atoms with van der Waals surface area (Å²) in [5, 5.41) is 6.89. The molecular weight excluding hydrogens is 429 g/mol. The minimum absolute atomic E-state index is 0.0408. The van der Waals surface area contributed by atoms with E-state index in [2.05, 4.69) is 71.0 Å². The van der Waals surface area contributed by atoms with Crippen molar-refractivity contribution in [3.63, 3.8) is 0 Å². The third-order valence-corrected chi connectivity index (χ3v) is 5.71. The summed E-state index contributed by atoms with van der Waals surface area (Å²) in [4.78, 5) is 14.6. The van der Waals surface area contributed by atoms with E-state index in [4.69, 9.17) is 4.52 Å². The number of nitrogens with one attached hydrogen (secondary N) is 1. The summed E-state index contributed by atoms with van der Waals surface area (Å²) in [6.45, 7) is 6.86. The molecule has 1 aromatic carbocycles. The number of carbonyl (C=O) groups is 1. The molecule has 6 heteroatoms. The van der Waals surface area contributed by atoms with Gasteiger partial charge in [-0.3, -0.25) is 4.79 Å². The molecule has 2 aromatic rings. The van der Waals surface area contributed by atoms with E-state index >= 15 is 0 Å². The first-order valence-electron chi connectivity index (χ1n) is 8.51. The lowest BCUT2D eigenvalue weighted by molar-refractivity contribution is 0.0941. The van der Waals surface area contributed by atoms with Crippen LogP contribution in [-0.2, 0) is 4.43 Å². The molecule has 1 amide bonds. The first kappa shape index (κ1) is 19.8. The van der Waals surface area contributed by atoms with Crippen molar-refractivity contribution in [2.75, 3.05) is 18.5 Å². The Morgan fingerprint density at radius 3 is 2.60 bits per heavy atom. The second kappa shape index (κ2) is 8.69. The third-order valence-electron chi connectivity index (χ3n) is 5.02. The maximum Gasteiger partial charge on any atom is 0.273 e. The van der Waals surface area contributed by atoms with Crippen molar-refractivity contribution in [1.82, 2.24) is 10.5 Å². The molecule has 25 heavy (non-hydrogen) atoms. The number of carbonyl (C=O) groups excluding carboxylic acids is 1. The van der Waals surface area contributed by atoms with Gasteiger partial charge in [0.25, 0.3) is 5.91 Å². The van der Waals surface area contributed by atoms with Crippen molar-refractivity contribution in [3.8, 4) is 0 Å². The molecule has 0 saturated heterocycles. The van der Waals surface area contributed by atoms with Crippen LogP contribution in [0.1, 0.15) is 48.5 Å². The second-order valence-electron chi connectivity index (χ2n) is 6.46. The molecule has 0 radical (unpaired) electrons. The molecule has 2 rings (SSSR count). The summed E-state index contributed by atoms with van der Waals surface area (Å²) in [5.74, 6) is 0.589. The van der Waals surface area contributed by atoms with Crippen molar-refractivity contribution < 1.29 is 9.32 Å². The molecule has 0 saturated carbocycles. The summed E-state index contributed by atoms with van der Waals surface area (Å²) >= 11 is 2.20. The van der Waals surface area contributed by atoms with Crippen LogP contribution in [0.25, 0.3) is 0 Å². The number of rotatable bonds is 8. The van der Waals surface area contributed by atoms with Gasteiger partial charge in [-0.25, -0.2) is 0 Å². The van der Waals surface area contributed by atoms with Crippen LogP contribution < -0.4 is 10.2 Å². The number of anilines is 1. The Kier molecular flexibility index (Phi) is 6.87. The molecule has 0 aliphatic carbocycles. The average Bonchev–Trinajstić information content (AvgIpc) is 3.02. The Hall–Kier alpha value is -1.57. The van der Waals surface area contributed by atoms with Crippen LogP contribution in [0.5, 0.6) is 0 Å². The van der Waals surface area contributed by atoms with E-state index in [1.807, 2.05) is 25.1 Å². The summed E-state index contributed by atoms with van der Waals surface area (Å²) in [6, 6.07) is 10.3.